The van der Waals surface area contributed by atoms with Crippen LogP contribution >= 0.6 is 0 Å². The molecule has 11 nitrogen and oxygen atoms in total. The van der Waals surface area contributed by atoms with Crippen LogP contribution in [0.3, 0.4) is 0 Å². The highest BCUT2D eigenvalue weighted by molar-refractivity contribution is 5.90. The van der Waals surface area contributed by atoms with E-state index in [1.54, 1.807) is 12.4 Å². The van der Waals surface area contributed by atoms with Crippen molar-refractivity contribution < 1.29 is 9.53 Å². The molecule has 6 rings (SSSR count). The van der Waals surface area contributed by atoms with Gasteiger partial charge in [0.15, 0.2) is 17.0 Å². The molecule has 1 N–H and O–H groups in total. The van der Waals surface area contributed by atoms with Crippen LogP contribution < -0.4 is 5.32 Å². The van der Waals surface area contributed by atoms with Crippen molar-refractivity contribution in [2.75, 3.05) is 39.0 Å². The molecule has 2 spiro atoms. The van der Waals surface area contributed by atoms with Crippen LogP contribution in [0.5, 0.6) is 0 Å². The van der Waals surface area contributed by atoms with Gasteiger partial charge in [-0.1, -0.05) is 0 Å². The number of fused-ring (bicyclic) bond motifs is 1. The number of carbonyl (C=O) groups is 1. The van der Waals surface area contributed by atoms with E-state index in [-0.39, 0.29) is 17.1 Å². The number of amides is 1. The summed E-state index contributed by atoms with van der Waals surface area (Å²) in [7, 11) is 3.95. The molecule has 1 saturated heterocycles. The summed E-state index contributed by atoms with van der Waals surface area (Å²) in [5, 5.41) is 3.44. The van der Waals surface area contributed by atoms with E-state index in [4.69, 9.17) is 9.72 Å². The molecule has 36 heavy (non-hydrogen) atoms. The molecule has 0 aromatic carbocycles. The van der Waals surface area contributed by atoms with Gasteiger partial charge in [-0.05, 0) is 53.6 Å². The van der Waals surface area contributed by atoms with Crippen molar-refractivity contribution in [2.24, 2.45) is 0 Å². The zero-order valence-corrected chi connectivity index (χ0v) is 21.4. The molecule has 2 saturated carbocycles. The first kappa shape index (κ1) is 23.2. The SMILES string of the molecule is CCn1c(-c2cnc(C)nc2)nc2c(N[C@@H](CN(C)C)C(=O)N3CC4(CC4)OC4(CC4)C3)ncnc21. The van der Waals surface area contributed by atoms with Crippen molar-refractivity contribution >= 4 is 22.9 Å². The average molecular weight is 492 g/mol. The molecular formula is C25H33N9O2. The summed E-state index contributed by atoms with van der Waals surface area (Å²) < 4.78 is 8.43. The predicted molar refractivity (Wildman–Crippen MR) is 134 cm³/mol. The topological polar surface area (TPSA) is 114 Å². The minimum Gasteiger partial charge on any atom is -0.365 e. The maximum absolute atomic E-state index is 13.9. The minimum atomic E-state index is -0.472. The molecule has 1 amide bonds. The Morgan fingerprint density at radius 3 is 2.36 bits per heavy atom. The van der Waals surface area contributed by atoms with Gasteiger partial charge in [0, 0.05) is 38.6 Å². The lowest BCUT2D eigenvalue weighted by molar-refractivity contribution is -0.155. The summed E-state index contributed by atoms with van der Waals surface area (Å²) in [6.45, 7) is 6.45. The van der Waals surface area contributed by atoms with Crippen LogP contribution in [0, 0.1) is 6.92 Å². The third kappa shape index (κ3) is 4.20. The molecule has 3 aliphatic rings. The third-order valence-electron chi connectivity index (χ3n) is 7.36. The second-order valence-electron chi connectivity index (χ2n) is 10.7. The summed E-state index contributed by atoms with van der Waals surface area (Å²) in [4.78, 5) is 40.5. The molecule has 11 heteroatoms. The van der Waals surface area contributed by atoms with Crippen LogP contribution in [-0.2, 0) is 16.1 Å². The number of anilines is 1. The van der Waals surface area contributed by atoms with E-state index >= 15 is 0 Å². The first-order valence-electron chi connectivity index (χ1n) is 12.7. The Morgan fingerprint density at radius 1 is 1.11 bits per heavy atom. The Morgan fingerprint density at radius 2 is 1.78 bits per heavy atom. The van der Waals surface area contributed by atoms with Gasteiger partial charge in [-0.15, -0.1) is 0 Å². The van der Waals surface area contributed by atoms with Crippen LogP contribution in [0.2, 0.25) is 0 Å². The lowest BCUT2D eigenvalue weighted by Gasteiger charge is -2.41. The molecule has 3 aromatic heterocycles. The number of aromatic nitrogens is 6. The highest BCUT2D eigenvalue weighted by Gasteiger charge is 2.61. The van der Waals surface area contributed by atoms with Crippen molar-refractivity contribution in [2.45, 2.75) is 63.3 Å². The number of likely N-dealkylation sites (N-methyl/N-ethyl adjacent to an activating group) is 1. The van der Waals surface area contributed by atoms with Gasteiger partial charge in [0.1, 0.15) is 24.0 Å². The van der Waals surface area contributed by atoms with E-state index in [1.807, 2.05) is 42.3 Å². The lowest BCUT2D eigenvalue weighted by Crippen LogP contribution is -2.57. The molecule has 0 radical (unpaired) electrons. The lowest BCUT2D eigenvalue weighted by atomic mass is 10.1. The smallest absolute Gasteiger partial charge is 0.246 e. The van der Waals surface area contributed by atoms with Crippen molar-refractivity contribution in [3.63, 3.8) is 0 Å². The molecule has 3 fully saturated rings. The van der Waals surface area contributed by atoms with Crippen LogP contribution in [0.25, 0.3) is 22.6 Å². The fourth-order valence-electron chi connectivity index (χ4n) is 5.24. The third-order valence-corrected chi connectivity index (χ3v) is 7.36. The van der Waals surface area contributed by atoms with Gasteiger partial charge < -0.3 is 24.4 Å². The first-order valence-corrected chi connectivity index (χ1v) is 12.7. The Hall–Kier alpha value is -3.18. The van der Waals surface area contributed by atoms with Crippen molar-refractivity contribution in [1.82, 2.24) is 39.3 Å². The van der Waals surface area contributed by atoms with Gasteiger partial charge in [0.05, 0.1) is 16.8 Å². The minimum absolute atomic E-state index is 0.0818. The van der Waals surface area contributed by atoms with E-state index in [0.717, 1.165) is 37.1 Å². The summed E-state index contributed by atoms with van der Waals surface area (Å²) >= 11 is 0. The van der Waals surface area contributed by atoms with E-state index in [0.29, 0.717) is 49.0 Å². The normalized spacial score (nSPS) is 20.3. The fraction of sp³-hybridized carbons (Fsp3) is 0.600. The number of imidazole rings is 1. The number of nitrogens with one attached hydrogen (secondary N) is 1. The number of rotatable bonds is 7. The van der Waals surface area contributed by atoms with Gasteiger partial charge in [-0.25, -0.2) is 24.9 Å². The first-order chi connectivity index (χ1) is 17.3. The predicted octanol–water partition coefficient (Wildman–Crippen LogP) is 1.88. The zero-order chi connectivity index (χ0) is 25.1. The molecule has 1 atom stereocenters. The highest BCUT2D eigenvalue weighted by atomic mass is 16.5. The Balaban J connectivity index is 1.33. The summed E-state index contributed by atoms with van der Waals surface area (Å²) in [5.41, 5.74) is 1.90. The number of aryl methyl sites for hydroxylation is 2. The van der Waals surface area contributed by atoms with Crippen molar-refractivity contribution in [3.05, 3.63) is 24.5 Å². The fourth-order valence-corrected chi connectivity index (χ4v) is 5.24. The number of morpholine rings is 1. The average Bonchev–Trinajstić information content (AvgIpc) is 3.75. The van der Waals surface area contributed by atoms with Gasteiger partial charge in [-0.2, -0.15) is 0 Å². The quantitative estimate of drug-likeness (QED) is 0.529. The summed E-state index contributed by atoms with van der Waals surface area (Å²) in [6, 6.07) is -0.472. The monoisotopic (exact) mass is 491 g/mol. The van der Waals surface area contributed by atoms with Crippen LogP contribution in [-0.4, -0.2) is 96.2 Å². The maximum atomic E-state index is 13.9. The largest absolute Gasteiger partial charge is 0.365 e. The molecule has 2 aliphatic carbocycles. The molecule has 0 unspecified atom stereocenters. The number of ether oxygens (including phenoxy) is 1. The summed E-state index contributed by atoms with van der Waals surface area (Å²) in [5.74, 6) is 2.07. The van der Waals surface area contributed by atoms with Crippen LogP contribution in [0.4, 0.5) is 5.82 Å². The van der Waals surface area contributed by atoms with Crippen LogP contribution in [0.1, 0.15) is 38.4 Å². The maximum Gasteiger partial charge on any atom is 0.246 e. The molecule has 4 heterocycles. The highest BCUT2D eigenvalue weighted by Crippen LogP contribution is 2.54. The Bertz CT molecular complexity index is 1270. The van der Waals surface area contributed by atoms with Crippen molar-refractivity contribution in [1.29, 1.82) is 0 Å². The van der Waals surface area contributed by atoms with Gasteiger partial charge in [-0.3, -0.25) is 4.79 Å². The van der Waals surface area contributed by atoms with Gasteiger partial charge in [0.25, 0.3) is 0 Å². The molecule has 0 bridgehead atoms. The Labute approximate surface area is 210 Å². The van der Waals surface area contributed by atoms with E-state index < -0.39 is 6.04 Å². The number of hydrogen-bond donors (Lipinski definition) is 1. The molecule has 1 aliphatic heterocycles. The van der Waals surface area contributed by atoms with E-state index in [2.05, 4.69) is 25.3 Å². The summed E-state index contributed by atoms with van der Waals surface area (Å²) in [6.07, 6.45) is 9.22. The molecular weight excluding hydrogens is 458 g/mol. The van der Waals surface area contributed by atoms with E-state index in [1.165, 1.54) is 6.33 Å². The molecule has 3 aromatic rings. The van der Waals surface area contributed by atoms with E-state index in [9.17, 15) is 4.79 Å². The van der Waals surface area contributed by atoms with Gasteiger partial charge >= 0.3 is 0 Å². The van der Waals surface area contributed by atoms with Gasteiger partial charge in [0.2, 0.25) is 5.91 Å². The number of hydrogen-bond acceptors (Lipinski definition) is 9. The second-order valence-corrected chi connectivity index (χ2v) is 10.7. The van der Waals surface area contributed by atoms with Crippen molar-refractivity contribution in [3.8, 4) is 11.4 Å². The standard InChI is InChI=1S/C25H33N9O2/c1-5-34-21(17-10-26-16(2)27-11-17)31-19-20(28-15-29-22(19)34)30-18(12-32(3)4)23(35)33-13-24(6-7-24)36-25(14-33)8-9-25/h10-11,15,18H,5-9,12-14H2,1-4H3,(H,28,29,30)/t18-/m0/s1. The molecule has 190 valence electrons. The zero-order valence-electron chi connectivity index (χ0n) is 21.4. The number of nitrogens with zero attached hydrogens (tertiary/aromatic N) is 8. The second kappa shape index (κ2) is 8.45. The van der Waals surface area contributed by atoms with Crippen LogP contribution in [0.15, 0.2) is 18.7 Å². The number of carbonyl (C=O) groups excluding carboxylic acids is 1. The Kier molecular flexibility index (Phi) is 5.45.